The molecular weight excluding hydrogens is 294 g/mol. The van der Waals surface area contributed by atoms with Crippen molar-refractivity contribution < 1.29 is 14.3 Å². The lowest BCUT2D eigenvalue weighted by molar-refractivity contribution is -0.134. The second-order valence-electron chi connectivity index (χ2n) is 7.98. The number of piperidine rings is 1. The summed E-state index contributed by atoms with van der Waals surface area (Å²) < 4.78 is 5.20. The molecule has 0 aromatic rings. The lowest BCUT2D eigenvalue weighted by atomic mass is 9.88. The molecule has 2 amide bonds. The number of likely N-dealkylation sites (tertiary alicyclic amines) is 1. The molecule has 6 heteroatoms. The van der Waals surface area contributed by atoms with Crippen LogP contribution in [-0.2, 0) is 9.53 Å². The van der Waals surface area contributed by atoms with Gasteiger partial charge in [0.1, 0.15) is 5.60 Å². The van der Waals surface area contributed by atoms with Crippen LogP contribution in [0.15, 0.2) is 0 Å². The first-order valence-corrected chi connectivity index (χ1v) is 8.17. The highest BCUT2D eigenvalue weighted by Crippen LogP contribution is 2.23. The Bertz CT molecular complexity index is 466. The van der Waals surface area contributed by atoms with Gasteiger partial charge in [-0.05, 0) is 39.0 Å². The minimum absolute atomic E-state index is 0.0703. The molecule has 0 aliphatic carbocycles. The maximum atomic E-state index is 12.4. The van der Waals surface area contributed by atoms with Crippen LogP contribution in [0.1, 0.15) is 53.9 Å². The van der Waals surface area contributed by atoms with Gasteiger partial charge in [0.25, 0.3) is 0 Å². The Labute approximate surface area is 139 Å². The standard InChI is InChI=1S/C17H29N3O3/c1-16(2,3)23-15(22)19-12-17(4,5)10-14(21)20-8-6-13(11-18)7-9-20/h13H,6-10,12H2,1-5H3,(H,19,22). The highest BCUT2D eigenvalue weighted by Gasteiger charge is 2.29. The number of alkyl carbamates (subject to hydrolysis) is 1. The van der Waals surface area contributed by atoms with E-state index in [2.05, 4.69) is 11.4 Å². The molecule has 1 heterocycles. The molecule has 1 saturated heterocycles. The Hall–Kier alpha value is -1.77. The second-order valence-corrected chi connectivity index (χ2v) is 7.98. The first-order valence-electron chi connectivity index (χ1n) is 8.17. The number of carbonyl (C=O) groups is 2. The zero-order chi connectivity index (χ0) is 17.7. The van der Waals surface area contributed by atoms with Gasteiger partial charge in [-0.15, -0.1) is 0 Å². The van der Waals surface area contributed by atoms with E-state index in [0.717, 1.165) is 12.8 Å². The molecule has 1 fully saturated rings. The molecule has 1 N–H and O–H groups in total. The molecule has 1 aliphatic heterocycles. The fourth-order valence-electron chi connectivity index (χ4n) is 2.47. The fraction of sp³-hybridized carbons (Fsp3) is 0.824. The van der Waals surface area contributed by atoms with Gasteiger partial charge in [0, 0.05) is 32.0 Å². The number of amides is 2. The van der Waals surface area contributed by atoms with Gasteiger partial charge in [0.05, 0.1) is 6.07 Å². The van der Waals surface area contributed by atoms with Gasteiger partial charge in [-0.25, -0.2) is 4.79 Å². The molecule has 0 unspecified atom stereocenters. The first-order chi connectivity index (χ1) is 10.5. The topological polar surface area (TPSA) is 82.4 Å². The van der Waals surface area contributed by atoms with Gasteiger partial charge < -0.3 is 15.0 Å². The summed E-state index contributed by atoms with van der Waals surface area (Å²) in [5, 5.41) is 11.6. The molecule has 130 valence electrons. The van der Waals surface area contributed by atoms with E-state index < -0.39 is 11.7 Å². The van der Waals surface area contributed by atoms with Gasteiger partial charge >= 0.3 is 6.09 Å². The van der Waals surface area contributed by atoms with Gasteiger partial charge in [-0.2, -0.15) is 5.26 Å². The van der Waals surface area contributed by atoms with Crippen molar-refractivity contribution in [2.24, 2.45) is 11.3 Å². The van der Waals surface area contributed by atoms with Crippen LogP contribution in [0.25, 0.3) is 0 Å². The molecule has 1 rings (SSSR count). The number of nitrogens with zero attached hydrogens (tertiary/aromatic N) is 2. The van der Waals surface area contributed by atoms with Gasteiger partial charge in [0.15, 0.2) is 0 Å². The normalized spacial score (nSPS) is 16.6. The van der Waals surface area contributed by atoms with Crippen LogP contribution >= 0.6 is 0 Å². The Morgan fingerprint density at radius 3 is 2.26 bits per heavy atom. The molecule has 0 aromatic heterocycles. The molecule has 0 aromatic carbocycles. The predicted molar refractivity (Wildman–Crippen MR) is 87.6 cm³/mol. The fourth-order valence-corrected chi connectivity index (χ4v) is 2.47. The summed E-state index contributed by atoms with van der Waals surface area (Å²) in [6.07, 6.45) is 1.39. The van der Waals surface area contributed by atoms with Crippen LogP contribution in [0.4, 0.5) is 4.79 Å². The summed E-state index contributed by atoms with van der Waals surface area (Å²) in [6.45, 7) is 11.0. The van der Waals surface area contributed by atoms with E-state index in [1.807, 2.05) is 39.5 Å². The third kappa shape index (κ3) is 7.36. The quantitative estimate of drug-likeness (QED) is 0.862. The summed E-state index contributed by atoms with van der Waals surface area (Å²) in [6, 6.07) is 2.26. The van der Waals surface area contributed by atoms with Crippen molar-refractivity contribution in [3.05, 3.63) is 0 Å². The van der Waals surface area contributed by atoms with Crippen molar-refractivity contribution in [1.82, 2.24) is 10.2 Å². The average molecular weight is 323 g/mol. The van der Waals surface area contributed by atoms with Gasteiger partial charge in [-0.3, -0.25) is 4.79 Å². The number of nitrogens with one attached hydrogen (secondary N) is 1. The number of carbonyl (C=O) groups excluding carboxylic acids is 2. The maximum Gasteiger partial charge on any atom is 0.407 e. The molecule has 1 aliphatic rings. The summed E-state index contributed by atoms with van der Waals surface area (Å²) in [5.74, 6) is 0.151. The highest BCUT2D eigenvalue weighted by atomic mass is 16.6. The van der Waals surface area contributed by atoms with E-state index in [0.29, 0.717) is 26.1 Å². The van der Waals surface area contributed by atoms with E-state index in [-0.39, 0.29) is 17.2 Å². The molecule has 0 spiro atoms. The molecule has 0 bridgehead atoms. The SMILES string of the molecule is CC(C)(CNC(=O)OC(C)(C)C)CC(=O)N1CCC(C#N)CC1. The van der Waals surface area contributed by atoms with E-state index in [4.69, 9.17) is 10.00 Å². The number of rotatable bonds is 4. The Kier molecular flexibility index (Phi) is 6.43. The van der Waals surface area contributed by atoms with E-state index >= 15 is 0 Å². The van der Waals surface area contributed by atoms with Crippen molar-refractivity contribution in [3.63, 3.8) is 0 Å². The zero-order valence-corrected chi connectivity index (χ0v) is 14.9. The predicted octanol–water partition coefficient (Wildman–Crippen LogP) is 2.69. The molecule has 6 nitrogen and oxygen atoms in total. The second kappa shape index (κ2) is 7.67. The molecule has 0 saturated carbocycles. The monoisotopic (exact) mass is 323 g/mol. The van der Waals surface area contributed by atoms with Crippen molar-refractivity contribution in [3.8, 4) is 6.07 Å². The van der Waals surface area contributed by atoms with E-state index in [9.17, 15) is 9.59 Å². The van der Waals surface area contributed by atoms with Crippen molar-refractivity contribution in [2.75, 3.05) is 19.6 Å². The summed E-state index contributed by atoms with van der Waals surface area (Å²) in [5.41, 5.74) is -0.880. The molecule has 23 heavy (non-hydrogen) atoms. The number of nitriles is 1. The third-order valence-electron chi connectivity index (χ3n) is 3.77. The lowest BCUT2D eigenvalue weighted by Gasteiger charge is -2.33. The summed E-state index contributed by atoms with van der Waals surface area (Å²) in [7, 11) is 0. The average Bonchev–Trinajstić information content (AvgIpc) is 2.43. The van der Waals surface area contributed by atoms with Gasteiger partial charge in [0.2, 0.25) is 5.91 Å². The minimum atomic E-state index is -0.533. The zero-order valence-electron chi connectivity index (χ0n) is 14.9. The molecular formula is C17H29N3O3. The first kappa shape index (κ1) is 19.3. The lowest BCUT2D eigenvalue weighted by Crippen LogP contribution is -2.43. The largest absolute Gasteiger partial charge is 0.444 e. The molecule has 0 radical (unpaired) electrons. The third-order valence-corrected chi connectivity index (χ3v) is 3.77. The van der Waals surface area contributed by atoms with E-state index in [1.54, 1.807) is 0 Å². The Balaban J connectivity index is 2.41. The van der Waals surface area contributed by atoms with Crippen LogP contribution in [-0.4, -0.2) is 42.1 Å². The van der Waals surface area contributed by atoms with E-state index in [1.165, 1.54) is 0 Å². The van der Waals surface area contributed by atoms with Gasteiger partial charge in [-0.1, -0.05) is 13.8 Å². The van der Waals surface area contributed by atoms with Crippen LogP contribution in [0.3, 0.4) is 0 Å². The summed E-state index contributed by atoms with van der Waals surface area (Å²) >= 11 is 0. The Morgan fingerprint density at radius 1 is 1.22 bits per heavy atom. The number of hydrogen-bond donors (Lipinski definition) is 1. The van der Waals surface area contributed by atoms with Crippen LogP contribution in [0, 0.1) is 22.7 Å². The van der Waals surface area contributed by atoms with Crippen LogP contribution in [0.5, 0.6) is 0 Å². The highest BCUT2D eigenvalue weighted by molar-refractivity contribution is 5.77. The van der Waals surface area contributed by atoms with Crippen molar-refractivity contribution in [2.45, 2.75) is 59.5 Å². The van der Waals surface area contributed by atoms with Crippen LogP contribution < -0.4 is 5.32 Å². The number of ether oxygens (including phenoxy) is 1. The minimum Gasteiger partial charge on any atom is -0.444 e. The van der Waals surface area contributed by atoms with Crippen molar-refractivity contribution >= 4 is 12.0 Å². The number of hydrogen-bond acceptors (Lipinski definition) is 4. The van der Waals surface area contributed by atoms with Crippen molar-refractivity contribution in [1.29, 1.82) is 5.26 Å². The maximum absolute atomic E-state index is 12.4. The smallest absolute Gasteiger partial charge is 0.407 e. The Morgan fingerprint density at radius 2 is 1.78 bits per heavy atom. The van der Waals surface area contributed by atoms with Crippen LogP contribution in [0.2, 0.25) is 0 Å². The molecule has 0 atom stereocenters. The summed E-state index contributed by atoms with van der Waals surface area (Å²) in [4.78, 5) is 25.9.